The maximum atomic E-state index is 6.01. The van der Waals surface area contributed by atoms with Gasteiger partial charge in [0.1, 0.15) is 0 Å². The van der Waals surface area contributed by atoms with Crippen molar-refractivity contribution in [1.82, 2.24) is 5.32 Å². The van der Waals surface area contributed by atoms with Crippen LogP contribution in [0.1, 0.15) is 29.7 Å². The minimum Gasteiger partial charge on any atom is -0.306 e. The largest absolute Gasteiger partial charge is 0.306 e. The van der Waals surface area contributed by atoms with Crippen molar-refractivity contribution in [2.24, 2.45) is 0 Å². The van der Waals surface area contributed by atoms with Crippen LogP contribution >= 0.6 is 23.2 Å². The molecule has 0 heterocycles. The Bertz CT molecular complexity index is 566. The summed E-state index contributed by atoms with van der Waals surface area (Å²) in [5.74, 6) is 0. The van der Waals surface area contributed by atoms with E-state index in [0.717, 1.165) is 12.1 Å². The fourth-order valence-corrected chi connectivity index (χ4v) is 2.30. The molecular weight excluding hydrogens is 277 g/mol. The zero-order chi connectivity index (χ0) is 13.8. The molecule has 0 aliphatic carbocycles. The summed E-state index contributed by atoms with van der Waals surface area (Å²) in [5.41, 5.74) is 3.70. The van der Waals surface area contributed by atoms with Crippen LogP contribution in [0.4, 0.5) is 0 Å². The van der Waals surface area contributed by atoms with Crippen LogP contribution in [0.2, 0.25) is 10.0 Å². The highest BCUT2D eigenvalue weighted by molar-refractivity contribution is 6.42. The van der Waals surface area contributed by atoms with E-state index in [1.807, 2.05) is 18.2 Å². The van der Waals surface area contributed by atoms with Crippen LogP contribution in [-0.2, 0) is 6.54 Å². The van der Waals surface area contributed by atoms with Crippen molar-refractivity contribution < 1.29 is 0 Å². The Morgan fingerprint density at radius 1 is 1.05 bits per heavy atom. The van der Waals surface area contributed by atoms with Crippen LogP contribution in [0.5, 0.6) is 0 Å². The number of rotatable bonds is 4. The van der Waals surface area contributed by atoms with Gasteiger partial charge in [-0.25, -0.2) is 0 Å². The van der Waals surface area contributed by atoms with Gasteiger partial charge in [-0.2, -0.15) is 0 Å². The summed E-state index contributed by atoms with van der Waals surface area (Å²) in [7, 11) is 0. The smallest absolute Gasteiger partial charge is 0.0595 e. The van der Waals surface area contributed by atoms with Gasteiger partial charge in [0.15, 0.2) is 0 Å². The summed E-state index contributed by atoms with van der Waals surface area (Å²) in [4.78, 5) is 0. The highest BCUT2D eigenvalue weighted by Gasteiger charge is 2.05. The quantitative estimate of drug-likeness (QED) is 0.822. The van der Waals surface area contributed by atoms with Crippen LogP contribution in [0.25, 0.3) is 0 Å². The summed E-state index contributed by atoms with van der Waals surface area (Å²) < 4.78 is 0. The lowest BCUT2D eigenvalue weighted by atomic mass is 10.1. The number of aryl methyl sites for hydroxylation is 1. The second-order valence-corrected chi connectivity index (χ2v) is 5.58. The predicted molar refractivity (Wildman–Crippen MR) is 82.9 cm³/mol. The van der Waals surface area contributed by atoms with E-state index >= 15 is 0 Å². The summed E-state index contributed by atoms with van der Waals surface area (Å²) in [6.07, 6.45) is 0. The van der Waals surface area contributed by atoms with Crippen LogP contribution in [0.3, 0.4) is 0 Å². The van der Waals surface area contributed by atoms with Gasteiger partial charge < -0.3 is 5.32 Å². The molecule has 0 aliphatic heterocycles. The van der Waals surface area contributed by atoms with Crippen molar-refractivity contribution in [3.63, 3.8) is 0 Å². The van der Waals surface area contributed by atoms with E-state index < -0.39 is 0 Å². The standard InChI is InChI=1S/C16H17Cl2N/c1-11-4-3-5-14(8-11)12(2)19-10-13-6-7-15(17)16(18)9-13/h3-9,12,19H,10H2,1-2H3/t12-/m1/s1. The average molecular weight is 294 g/mol. The van der Waals surface area contributed by atoms with Gasteiger partial charge in [0.25, 0.3) is 0 Å². The first kappa shape index (κ1) is 14.4. The molecule has 2 aromatic rings. The van der Waals surface area contributed by atoms with Crippen molar-refractivity contribution in [3.8, 4) is 0 Å². The molecule has 0 amide bonds. The molecule has 0 saturated heterocycles. The molecule has 0 unspecified atom stereocenters. The zero-order valence-corrected chi connectivity index (χ0v) is 12.6. The molecule has 100 valence electrons. The normalized spacial score (nSPS) is 12.4. The maximum absolute atomic E-state index is 6.01. The molecule has 3 heteroatoms. The number of halogens is 2. The number of hydrogen-bond acceptors (Lipinski definition) is 1. The highest BCUT2D eigenvalue weighted by Crippen LogP contribution is 2.23. The lowest BCUT2D eigenvalue weighted by molar-refractivity contribution is 0.574. The third kappa shape index (κ3) is 3.97. The summed E-state index contributed by atoms with van der Waals surface area (Å²) in [6.45, 7) is 5.04. The third-order valence-corrected chi connectivity index (χ3v) is 3.88. The van der Waals surface area contributed by atoms with E-state index in [1.54, 1.807) is 0 Å². The minimum atomic E-state index is 0.300. The molecule has 1 N–H and O–H groups in total. The fourth-order valence-electron chi connectivity index (χ4n) is 1.98. The van der Waals surface area contributed by atoms with E-state index in [2.05, 4.69) is 43.4 Å². The fraction of sp³-hybridized carbons (Fsp3) is 0.250. The summed E-state index contributed by atoms with van der Waals surface area (Å²) in [5, 5.41) is 4.68. The zero-order valence-electron chi connectivity index (χ0n) is 11.1. The molecule has 0 aromatic heterocycles. The van der Waals surface area contributed by atoms with Gasteiger partial charge >= 0.3 is 0 Å². The van der Waals surface area contributed by atoms with Crippen LogP contribution in [-0.4, -0.2) is 0 Å². The second-order valence-electron chi connectivity index (χ2n) is 4.77. The molecule has 0 radical (unpaired) electrons. The van der Waals surface area contributed by atoms with Crippen LogP contribution < -0.4 is 5.32 Å². The minimum absolute atomic E-state index is 0.300. The van der Waals surface area contributed by atoms with Crippen LogP contribution in [0.15, 0.2) is 42.5 Å². The van der Waals surface area contributed by atoms with E-state index in [4.69, 9.17) is 23.2 Å². The van der Waals surface area contributed by atoms with E-state index in [0.29, 0.717) is 16.1 Å². The lowest BCUT2D eigenvalue weighted by Crippen LogP contribution is -2.18. The maximum Gasteiger partial charge on any atom is 0.0595 e. The Labute approximate surface area is 124 Å². The Balaban J connectivity index is 2.00. The van der Waals surface area contributed by atoms with E-state index in [1.165, 1.54) is 11.1 Å². The van der Waals surface area contributed by atoms with Gasteiger partial charge in [0.05, 0.1) is 10.0 Å². The van der Waals surface area contributed by atoms with E-state index in [-0.39, 0.29) is 0 Å². The van der Waals surface area contributed by atoms with Gasteiger partial charge in [0, 0.05) is 12.6 Å². The SMILES string of the molecule is Cc1cccc([C@@H](C)NCc2ccc(Cl)c(Cl)c2)c1. The molecule has 2 rings (SSSR count). The second kappa shape index (κ2) is 6.42. The Morgan fingerprint density at radius 2 is 1.84 bits per heavy atom. The Hall–Kier alpha value is -1.02. The van der Waals surface area contributed by atoms with Crippen LogP contribution in [0, 0.1) is 6.92 Å². The number of hydrogen-bond donors (Lipinski definition) is 1. The van der Waals surface area contributed by atoms with Crippen molar-refractivity contribution in [2.75, 3.05) is 0 Å². The molecule has 0 bridgehead atoms. The monoisotopic (exact) mass is 293 g/mol. The average Bonchev–Trinajstić information content (AvgIpc) is 2.40. The van der Waals surface area contributed by atoms with Gasteiger partial charge in [-0.1, -0.05) is 59.1 Å². The molecule has 1 nitrogen and oxygen atoms in total. The van der Waals surface area contributed by atoms with Crippen molar-refractivity contribution in [2.45, 2.75) is 26.4 Å². The predicted octanol–water partition coefficient (Wildman–Crippen LogP) is 5.15. The van der Waals surface area contributed by atoms with Crippen molar-refractivity contribution >= 4 is 23.2 Å². The Morgan fingerprint density at radius 3 is 2.53 bits per heavy atom. The molecule has 0 saturated carbocycles. The lowest BCUT2D eigenvalue weighted by Gasteiger charge is -2.15. The topological polar surface area (TPSA) is 12.0 Å². The molecule has 2 aromatic carbocycles. The van der Waals surface area contributed by atoms with Gasteiger partial charge in [0.2, 0.25) is 0 Å². The van der Waals surface area contributed by atoms with Gasteiger partial charge in [-0.05, 0) is 37.1 Å². The van der Waals surface area contributed by atoms with Crippen molar-refractivity contribution in [3.05, 3.63) is 69.2 Å². The first-order valence-corrected chi connectivity index (χ1v) is 7.06. The Kier molecular flexibility index (Phi) is 4.87. The molecular formula is C16H17Cl2N. The molecule has 0 aliphatic rings. The first-order valence-electron chi connectivity index (χ1n) is 6.30. The highest BCUT2D eigenvalue weighted by atomic mass is 35.5. The van der Waals surface area contributed by atoms with Gasteiger partial charge in [-0.3, -0.25) is 0 Å². The summed E-state index contributed by atoms with van der Waals surface area (Å²) >= 11 is 11.9. The third-order valence-electron chi connectivity index (χ3n) is 3.14. The summed E-state index contributed by atoms with van der Waals surface area (Å²) in [6, 6.07) is 14.6. The number of nitrogens with one attached hydrogen (secondary N) is 1. The number of benzene rings is 2. The molecule has 1 atom stereocenters. The van der Waals surface area contributed by atoms with Gasteiger partial charge in [-0.15, -0.1) is 0 Å². The first-order chi connectivity index (χ1) is 9.06. The van der Waals surface area contributed by atoms with E-state index in [9.17, 15) is 0 Å². The molecule has 19 heavy (non-hydrogen) atoms. The molecule has 0 fully saturated rings. The van der Waals surface area contributed by atoms with Crippen molar-refractivity contribution in [1.29, 1.82) is 0 Å². The molecule has 0 spiro atoms.